The average molecular weight is 319 g/mol. The van der Waals surface area contributed by atoms with E-state index in [2.05, 4.69) is 16.7 Å². The van der Waals surface area contributed by atoms with E-state index in [1.165, 1.54) is 0 Å². The lowest BCUT2D eigenvalue weighted by Gasteiger charge is -2.42. The topological polar surface area (TPSA) is 81.7 Å². The standard InChI is InChI=1S/C17H25N3O3/c1-4-20(10-16(21)22)15-8-14(9-15)19-17(23)18-13-6-11(2)5-12(3)7-13/h5-7,14-15H,4,8-10H2,1-3H3,(H,21,22)(H2,18,19,23). The van der Waals surface area contributed by atoms with Crippen LogP contribution in [0.25, 0.3) is 0 Å². The fraction of sp³-hybridized carbons (Fsp3) is 0.529. The molecule has 2 rings (SSSR count). The Bertz CT molecular complexity index is 562. The van der Waals surface area contributed by atoms with Gasteiger partial charge in [-0.1, -0.05) is 13.0 Å². The van der Waals surface area contributed by atoms with Crippen molar-refractivity contribution in [1.29, 1.82) is 0 Å². The number of carboxylic acid groups (broad SMARTS) is 1. The molecule has 2 amide bonds. The van der Waals surface area contributed by atoms with E-state index >= 15 is 0 Å². The highest BCUT2D eigenvalue weighted by atomic mass is 16.4. The van der Waals surface area contributed by atoms with E-state index in [0.29, 0.717) is 6.54 Å². The number of aliphatic carboxylic acids is 1. The van der Waals surface area contributed by atoms with Gasteiger partial charge in [0.2, 0.25) is 0 Å². The summed E-state index contributed by atoms with van der Waals surface area (Å²) in [6.45, 7) is 6.71. The number of carboxylic acids is 1. The van der Waals surface area contributed by atoms with Crippen LogP contribution in [0.1, 0.15) is 30.9 Å². The first-order valence-corrected chi connectivity index (χ1v) is 7.99. The third-order valence-corrected chi connectivity index (χ3v) is 4.19. The highest BCUT2D eigenvalue weighted by molar-refractivity contribution is 5.89. The van der Waals surface area contributed by atoms with Gasteiger partial charge in [0.25, 0.3) is 0 Å². The molecule has 0 radical (unpaired) electrons. The van der Waals surface area contributed by atoms with Gasteiger partial charge in [-0.15, -0.1) is 0 Å². The normalized spacial score (nSPS) is 20.0. The highest BCUT2D eigenvalue weighted by Gasteiger charge is 2.34. The molecule has 126 valence electrons. The van der Waals surface area contributed by atoms with Crippen molar-refractivity contribution < 1.29 is 14.7 Å². The number of amides is 2. The molecule has 6 heteroatoms. The first kappa shape index (κ1) is 17.3. The zero-order valence-electron chi connectivity index (χ0n) is 13.9. The number of hydrogen-bond donors (Lipinski definition) is 3. The first-order valence-electron chi connectivity index (χ1n) is 7.99. The molecule has 1 fully saturated rings. The number of aryl methyl sites for hydroxylation is 2. The molecule has 23 heavy (non-hydrogen) atoms. The quantitative estimate of drug-likeness (QED) is 0.752. The van der Waals surface area contributed by atoms with E-state index in [9.17, 15) is 9.59 Å². The summed E-state index contributed by atoms with van der Waals surface area (Å²) in [7, 11) is 0. The number of hydrogen-bond acceptors (Lipinski definition) is 3. The van der Waals surface area contributed by atoms with E-state index < -0.39 is 5.97 Å². The molecule has 0 spiro atoms. The molecule has 1 aliphatic carbocycles. The SMILES string of the molecule is CCN(CC(=O)O)C1CC(NC(=O)Nc2cc(C)cc(C)c2)C1. The maximum Gasteiger partial charge on any atom is 0.319 e. The number of carbonyl (C=O) groups excluding carboxylic acids is 1. The molecule has 1 aromatic rings. The van der Waals surface area contributed by atoms with Crippen molar-refractivity contribution in [2.45, 2.75) is 45.7 Å². The second kappa shape index (κ2) is 7.46. The Kier molecular flexibility index (Phi) is 5.60. The second-order valence-corrected chi connectivity index (χ2v) is 6.25. The van der Waals surface area contributed by atoms with Crippen molar-refractivity contribution in [1.82, 2.24) is 10.2 Å². The van der Waals surface area contributed by atoms with Gasteiger partial charge in [-0.05, 0) is 56.5 Å². The lowest BCUT2D eigenvalue weighted by atomic mass is 9.85. The molecule has 0 heterocycles. The van der Waals surface area contributed by atoms with E-state index in [1.54, 1.807) is 0 Å². The van der Waals surface area contributed by atoms with Crippen LogP contribution in [0.3, 0.4) is 0 Å². The molecule has 1 saturated carbocycles. The molecule has 0 saturated heterocycles. The van der Waals surface area contributed by atoms with Crippen LogP contribution >= 0.6 is 0 Å². The van der Waals surface area contributed by atoms with Gasteiger partial charge in [0.15, 0.2) is 0 Å². The number of urea groups is 1. The zero-order valence-corrected chi connectivity index (χ0v) is 13.9. The summed E-state index contributed by atoms with van der Waals surface area (Å²) in [4.78, 5) is 24.8. The number of carbonyl (C=O) groups is 2. The average Bonchev–Trinajstić information content (AvgIpc) is 2.38. The van der Waals surface area contributed by atoms with Gasteiger partial charge in [-0.25, -0.2) is 4.79 Å². The summed E-state index contributed by atoms with van der Waals surface area (Å²) < 4.78 is 0. The maximum absolute atomic E-state index is 12.0. The number of nitrogens with zero attached hydrogens (tertiary/aromatic N) is 1. The van der Waals surface area contributed by atoms with E-state index in [4.69, 9.17) is 5.11 Å². The van der Waals surface area contributed by atoms with Crippen LogP contribution in [0.5, 0.6) is 0 Å². The van der Waals surface area contributed by atoms with Crippen molar-refractivity contribution in [3.05, 3.63) is 29.3 Å². The molecule has 0 bridgehead atoms. The van der Waals surface area contributed by atoms with E-state index in [-0.39, 0.29) is 24.7 Å². The van der Waals surface area contributed by atoms with Gasteiger partial charge in [0, 0.05) is 17.8 Å². The molecule has 1 aliphatic rings. The van der Waals surface area contributed by atoms with Crippen LogP contribution in [-0.2, 0) is 4.79 Å². The highest BCUT2D eigenvalue weighted by Crippen LogP contribution is 2.25. The number of benzene rings is 1. The minimum Gasteiger partial charge on any atom is -0.480 e. The van der Waals surface area contributed by atoms with Gasteiger partial charge >= 0.3 is 12.0 Å². The van der Waals surface area contributed by atoms with Crippen LogP contribution < -0.4 is 10.6 Å². The fourth-order valence-electron chi connectivity index (χ4n) is 3.08. The minimum absolute atomic E-state index is 0.0582. The molecule has 3 N–H and O–H groups in total. The third-order valence-electron chi connectivity index (χ3n) is 4.19. The Labute approximate surface area is 136 Å². The van der Waals surface area contributed by atoms with Crippen molar-refractivity contribution >= 4 is 17.7 Å². The van der Waals surface area contributed by atoms with Crippen LogP contribution in [-0.4, -0.2) is 47.2 Å². The summed E-state index contributed by atoms with van der Waals surface area (Å²) in [5, 5.41) is 14.7. The van der Waals surface area contributed by atoms with Gasteiger partial charge in [-0.2, -0.15) is 0 Å². The predicted molar refractivity (Wildman–Crippen MR) is 89.8 cm³/mol. The molecule has 0 atom stereocenters. The van der Waals surface area contributed by atoms with Crippen molar-refractivity contribution in [2.24, 2.45) is 0 Å². The lowest BCUT2D eigenvalue weighted by molar-refractivity contribution is -0.139. The first-order chi connectivity index (χ1) is 10.9. The summed E-state index contributed by atoms with van der Waals surface area (Å²) in [5.41, 5.74) is 3.00. The minimum atomic E-state index is -0.809. The number of anilines is 1. The lowest BCUT2D eigenvalue weighted by Crippen LogP contribution is -2.55. The van der Waals surface area contributed by atoms with Crippen molar-refractivity contribution in [3.63, 3.8) is 0 Å². The number of likely N-dealkylation sites (N-methyl/N-ethyl adjacent to an activating group) is 1. The van der Waals surface area contributed by atoms with Gasteiger partial charge < -0.3 is 15.7 Å². The summed E-state index contributed by atoms with van der Waals surface area (Å²) in [5.74, 6) is -0.809. The number of rotatable bonds is 6. The largest absolute Gasteiger partial charge is 0.480 e. The van der Waals surface area contributed by atoms with Crippen LogP contribution in [0.2, 0.25) is 0 Å². The predicted octanol–water partition coefficient (Wildman–Crippen LogP) is 2.36. The third kappa shape index (κ3) is 4.96. The molecule has 0 unspecified atom stereocenters. The summed E-state index contributed by atoms with van der Waals surface area (Å²) in [6.07, 6.45) is 1.59. The Morgan fingerprint density at radius 1 is 1.22 bits per heavy atom. The monoisotopic (exact) mass is 319 g/mol. The molecule has 1 aromatic carbocycles. The smallest absolute Gasteiger partial charge is 0.319 e. The Hall–Kier alpha value is -2.08. The van der Waals surface area contributed by atoms with Gasteiger partial charge in [-0.3, -0.25) is 9.69 Å². The Morgan fingerprint density at radius 2 is 1.83 bits per heavy atom. The summed E-state index contributed by atoms with van der Waals surface area (Å²) >= 11 is 0. The van der Waals surface area contributed by atoms with Crippen LogP contribution in [0.4, 0.5) is 10.5 Å². The molecule has 0 aliphatic heterocycles. The molecular formula is C17H25N3O3. The van der Waals surface area contributed by atoms with Gasteiger partial charge in [0.1, 0.15) is 0 Å². The second-order valence-electron chi connectivity index (χ2n) is 6.25. The van der Waals surface area contributed by atoms with Gasteiger partial charge in [0.05, 0.1) is 6.54 Å². The molecular weight excluding hydrogens is 294 g/mol. The van der Waals surface area contributed by atoms with E-state index in [1.807, 2.05) is 37.8 Å². The Morgan fingerprint density at radius 3 is 2.35 bits per heavy atom. The molecule has 0 aromatic heterocycles. The van der Waals surface area contributed by atoms with Crippen molar-refractivity contribution in [2.75, 3.05) is 18.4 Å². The Balaban J connectivity index is 1.78. The summed E-state index contributed by atoms with van der Waals surface area (Å²) in [6, 6.07) is 6.06. The van der Waals surface area contributed by atoms with Crippen molar-refractivity contribution in [3.8, 4) is 0 Å². The maximum atomic E-state index is 12.0. The fourth-order valence-corrected chi connectivity index (χ4v) is 3.08. The van der Waals surface area contributed by atoms with Crippen LogP contribution in [0, 0.1) is 13.8 Å². The zero-order chi connectivity index (χ0) is 17.0. The van der Waals surface area contributed by atoms with E-state index in [0.717, 1.165) is 29.7 Å². The number of nitrogens with one attached hydrogen (secondary N) is 2. The molecule has 6 nitrogen and oxygen atoms in total. The van der Waals surface area contributed by atoms with Crippen LogP contribution in [0.15, 0.2) is 18.2 Å².